The van der Waals surface area contributed by atoms with Crippen molar-refractivity contribution in [1.82, 2.24) is 4.90 Å². The van der Waals surface area contributed by atoms with Crippen molar-refractivity contribution >= 4 is 5.97 Å². The van der Waals surface area contributed by atoms with Crippen LogP contribution in [0.3, 0.4) is 0 Å². The van der Waals surface area contributed by atoms with Crippen LogP contribution in [0, 0.1) is 13.8 Å². The number of esters is 1. The molecule has 2 atom stereocenters. The zero-order valence-electron chi connectivity index (χ0n) is 10.7. The van der Waals surface area contributed by atoms with E-state index in [1.807, 2.05) is 36.9 Å². The Morgan fingerprint density at radius 3 is 2.67 bits per heavy atom. The average Bonchev–Trinajstić information content (AvgIpc) is 2.81. The molecule has 3 aliphatic rings. The molecule has 0 amide bonds. The highest BCUT2D eigenvalue weighted by atomic mass is 16.6. The third-order valence-electron chi connectivity index (χ3n) is 3.62. The molecule has 1 aromatic carbocycles. The molecule has 96 valence electrons. The molecule has 0 saturated carbocycles. The maximum atomic E-state index is 11.9. The molecule has 3 heterocycles. The number of benzene rings is 1. The highest BCUT2D eigenvalue weighted by Gasteiger charge is 2.44. The standard InChI is InChI=1S/C14H17NO3/c1-9-4-3-5-10(2)14(9)18-13(16)8-15-7-11-6-12(15)17-11/h3-5,11-12H,6-8H2,1-2H3. The number of fused-ring (bicyclic) bond motifs is 1. The Labute approximate surface area is 106 Å². The maximum Gasteiger partial charge on any atom is 0.325 e. The van der Waals surface area contributed by atoms with Crippen LogP contribution in [0.15, 0.2) is 18.2 Å². The smallest absolute Gasteiger partial charge is 0.325 e. The first-order valence-electron chi connectivity index (χ1n) is 6.30. The van der Waals surface area contributed by atoms with Crippen LogP contribution in [0.5, 0.6) is 5.75 Å². The van der Waals surface area contributed by atoms with Gasteiger partial charge in [-0.1, -0.05) is 18.2 Å². The van der Waals surface area contributed by atoms with Crippen LogP contribution in [0.25, 0.3) is 0 Å². The molecular formula is C14H17NO3. The van der Waals surface area contributed by atoms with Gasteiger partial charge in [-0.05, 0) is 25.0 Å². The average molecular weight is 247 g/mol. The van der Waals surface area contributed by atoms with E-state index in [1.165, 1.54) is 0 Å². The van der Waals surface area contributed by atoms with Crippen molar-refractivity contribution in [3.8, 4) is 5.75 Å². The first-order valence-corrected chi connectivity index (χ1v) is 6.30. The van der Waals surface area contributed by atoms with Gasteiger partial charge in [0, 0.05) is 13.0 Å². The van der Waals surface area contributed by atoms with Crippen LogP contribution in [0.2, 0.25) is 0 Å². The van der Waals surface area contributed by atoms with E-state index < -0.39 is 0 Å². The van der Waals surface area contributed by atoms with Crippen LogP contribution in [0.4, 0.5) is 0 Å². The molecule has 0 aliphatic carbocycles. The SMILES string of the molecule is Cc1cccc(C)c1OC(=O)CN1CC2CC1O2. The van der Waals surface area contributed by atoms with Crippen LogP contribution >= 0.6 is 0 Å². The molecule has 4 nitrogen and oxygen atoms in total. The van der Waals surface area contributed by atoms with Crippen molar-refractivity contribution in [2.75, 3.05) is 13.1 Å². The lowest BCUT2D eigenvalue weighted by atomic mass is 10.1. The van der Waals surface area contributed by atoms with Gasteiger partial charge in [0.2, 0.25) is 0 Å². The highest BCUT2D eigenvalue weighted by Crippen LogP contribution is 2.33. The van der Waals surface area contributed by atoms with Crippen LogP contribution < -0.4 is 4.74 Å². The fourth-order valence-corrected chi connectivity index (χ4v) is 2.61. The summed E-state index contributed by atoms with van der Waals surface area (Å²) in [7, 11) is 0. The van der Waals surface area contributed by atoms with Crippen LogP contribution in [-0.4, -0.2) is 36.3 Å². The molecule has 2 unspecified atom stereocenters. The van der Waals surface area contributed by atoms with Crippen molar-refractivity contribution < 1.29 is 14.3 Å². The predicted octanol–water partition coefficient (Wildman–Crippen LogP) is 1.64. The van der Waals surface area contributed by atoms with Gasteiger partial charge in [0.25, 0.3) is 0 Å². The van der Waals surface area contributed by atoms with E-state index in [0.29, 0.717) is 18.4 Å². The van der Waals surface area contributed by atoms with Crippen molar-refractivity contribution in [2.45, 2.75) is 32.6 Å². The molecule has 4 rings (SSSR count). The Balaban J connectivity index is 1.63. The van der Waals surface area contributed by atoms with Crippen LogP contribution in [-0.2, 0) is 9.53 Å². The lowest BCUT2D eigenvalue weighted by Gasteiger charge is -2.26. The molecule has 0 N–H and O–H groups in total. The molecule has 3 aliphatic heterocycles. The van der Waals surface area contributed by atoms with Crippen LogP contribution in [0.1, 0.15) is 17.5 Å². The topological polar surface area (TPSA) is 38.8 Å². The molecular weight excluding hydrogens is 230 g/mol. The summed E-state index contributed by atoms with van der Waals surface area (Å²) in [6.07, 6.45) is 1.53. The predicted molar refractivity (Wildman–Crippen MR) is 66.4 cm³/mol. The summed E-state index contributed by atoms with van der Waals surface area (Å²) in [6, 6.07) is 5.86. The van der Waals surface area contributed by atoms with Gasteiger partial charge >= 0.3 is 5.97 Å². The lowest BCUT2D eigenvalue weighted by Crippen LogP contribution is -2.37. The van der Waals surface area contributed by atoms with Gasteiger partial charge in [-0.15, -0.1) is 0 Å². The number of hydrogen-bond donors (Lipinski definition) is 0. The van der Waals surface area contributed by atoms with Gasteiger partial charge in [0.05, 0.1) is 12.6 Å². The third-order valence-corrected chi connectivity index (χ3v) is 3.62. The van der Waals surface area contributed by atoms with Crippen molar-refractivity contribution in [3.05, 3.63) is 29.3 Å². The quantitative estimate of drug-likeness (QED) is 0.601. The number of hydrogen-bond acceptors (Lipinski definition) is 4. The Morgan fingerprint density at radius 1 is 1.44 bits per heavy atom. The molecule has 0 spiro atoms. The van der Waals surface area contributed by atoms with Crippen molar-refractivity contribution in [1.29, 1.82) is 0 Å². The molecule has 18 heavy (non-hydrogen) atoms. The number of carbonyl (C=O) groups is 1. The van der Waals surface area contributed by atoms with E-state index in [4.69, 9.17) is 9.47 Å². The molecule has 2 bridgehead atoms. The lowest BCUT2D eigenvalue weighted by molar-refractivity contribution is -0.140. The molecule has 0 aromatic heterocycles. The number of carbonyl (C=O) groups excluding carboxylic acids is 1. The zero-order valence-corrected chi connectivity index (χ0v) is 10.7. The van der Waals surface area contributed by atoms with E-state index in [2.05, 4.69) is 0 Å². The van der Waals surface area contributed by atoms with E-state index in [9.17, 15) is 4.79 Å². The number of ether oxygens (including phenoxy) is 2. The van der Waals surface area contributed by atoms with E-state index in [0.717, 1.165) is 24.1 Å². The summed E-state index contributed by atoms with van der Waals surface area (Å²) in [5, 5.41) is 0. The fourth-order valence-electron chi connectivity index (χ4n) is 2.61. The second-order valence-electron chi connectivity index (χ2n) is 5.07. The Bertz CT molecular complexity index is 460. The molecule has 1 aromatic rings. The fraction of sp³-hybridized carbons (Fsp3) is 0.500. The first-order chi connectivity index (χ1) is 8.63. The second-order valence-corrected chi connectivity index (χ2v) is 5.07. The van der Waals surface area contributed by atoms with Gasteiger partial charge in [-0.3, -0.25) is 9.69 Å². The van der Waals surface area contributed by atoms with Gasteiger partial charge in [-0.25, -0.2) is 0 Å². The molecule has 0 radical (unpaired) electrons. The second kappa shape index (κ2) is 4.37. The molecule has 3 fully saturated rings. The van der Waals surface area contributed by atoms with E-state index in [1.54, 1.807) is 0 Å². The summed E-state index contributed by atoms with van der Waals surface area (Å²) in [5.41, 5.74) is 1.98. The Hall–Kier alpha value is -1.39. The van der Waals surface area contributed by atoms with E-state index in [-0.39, 0.29) is 12.2 Å². The number of nitrogens with zero attached hydrogens (tertiary/aromatic N) is 1. The van der Waals surface area contributed by atoms with Gasteiger partial charge in [0.15, 0.2) is 0 Å². The van der Waals surface area contributed by atoms with E-state index >= 15 is 0 Å². The molecule has 3 saturated heterocycles. The number of aryl methyl sites for hydroxylation is 2. The Kier molecular flexibility index (Phi) is 2.84. The summed E-state index contributed by atoms with van der Waals surface area (Å²) >= 11 is 0. The monoisotopic (exact) mass is 247 g/mol. The number of rotatable bonds is 3. The first kappa shape index (κ1) is 11.7. The third kappa shape index (κ3) is 2.02. The van der Waals surface area contributed by atoms with Gasteiger partial charge < -0.3 is 9.47 Å². The minimum Gasteiger partial charge on any atom is -0.425 e. The van der Waals surface area contributed by atoms with Crippen molar-refractivity contribution in [3.63, 3.8) is 0 Å². The zero-order chi connectivity index (χ0) is 12.7. The largest absolute Gasteiger partial charge is 0.425 e. The van der Waals surface area contributed by atoms with Crippen molar-refractivity contribution in [2.24, 2.45) is 0 Å². The summed E-state index contributed by atoms with van der Waals surface area (Å²) in [4.78, 5) is 14.0. The summed E-state index contributed by atoms with van der Waals surface area (Å²) < 4.78 is 10.9. The summed E-state index contributed by atoms with van der Waals surface area (Å²) in [5.74, 6) is 0.485. The van der Waals surface area contributed by atoms with Gasteiger partial charge in [0.1, 0.15) is 12.0 Å². The normalized spacial score (nSPS) is 25.9. The Morgan fingerprint density at radius 2 is 2.11 bits per heavy atom. The minimum absolute atomic E-state index is 0.139. The minimum atomic E-state index is -0.205. The summed E-state index contributed by atoms with van der Waals surface area (Å²) in [6.45, 7) is 5.07. The number of para-hydroxylation sites is 1. The maximum absolute atomic E-state index is 11.9. The van der Waals surface area contributed by atoms with Gasteiger partial charge in [-0.2, -0.15) is 0 Å². The highest BCUT2D eigenvalue weighted by molar-refractivity contribution is 5.75. The molecule has 4 heteroatoms.